The summed E-state index contributed by atoms with van der Waals surface area (Å²) >= 11 is 0. The molecule has 1 aliphatic heterocycles. The maximum absolute atomic E-state index is 13.6. The summed E-state index contributed by atoms with van der Waals surface area (Å²) in [6, 6.07) is 18.2. The monoisotopic (exact) mass is 549 g/mol. The lowest BCUT2D eigenvalue weighted by atomic mass is 9.87. The Hall–Kier alpha value is -3.18. The highest BCUT2D eigenvalue weighted by Gasteiger charge is 2.52. The molecule has 0 saturated carbocycles. The fraction of sp³-hybridized carbons (Fsp3) is 0.269. The topological polar surface area (TPSA) is 113 Å². The van der Waals surface area contributed by atoms with E-state index in [4.69, 9.17) is 15.6 Å². The van der Waals surface area contributed by atoms with Gasteiger partial charge in [-0.25, -0.2) is 12.8 Å². The van der Waals surface area contributed by atoms with Crippen molar-refractivity contribution in [1.82, 2.24) is 4.31 Å². The molecule has 1 atom stereocenters. The molecule has 1 fully saturated rings. The summed E-state index contributed by atoms with van der Waals surface area (Å²) in [7, 11) is -0.0429. The number of halogens is 2. The van der Waals surface area contributed by atoms with Crippen molar-refractivity contribution in [3.8, 4) is 5.75 Å². The van der Waals surface area contributed by atoms with E-state index in [9.17, 15) is 17.6 Å². The average molecular weight is 550 g/mol. The van der Waals surface area contributed by atoms with Gasteiger partial charge >= 0.3 is 5.97 Å². The number of carboxylic acid groups (broad SMARTS) is 1. The van der Waals surface area contributed by atoms with Crippen LogP contribution in [0.15, 0.2) is 77.7 Å². The molecule has 0 unspecified atom stereocenters. The standard InChI is InChI=1S/C26H28FN3O5S.ClH/c1-29(2)21-10-12-22(13-11-21)35-26(19-6-8-20(27)9-7-19)16-30(17-26)36(33,34)23-5-3-4-18(14-23)15-24(28)25(31)32;/h3-14,24H,15-17,28H2,1-2H3,(H,31,32);1H/t24-;/m0./s1. The molecule has 0 radical (unpaired) electrons. The third-order valence-electron chi connectivity index (χ3n) is 6.21. The predicted octanol–water partition coefficient (Wildman–Crippen LogP) is 3.25. The number of anilines is 1. The van der Waals surface area contributed by atoms with Gasteiger partial charge in [0.2, 0.25) is 10.0 Å². The van der Waals surface area contributed by atoms with Crippen LogP contribution in [-0.2, 0) is 26.8 Å². The zero-order chi connectivity index (χ0) is 26.1. The van der Waals surface area contributed by atoms with E-state index in [-0.39, 0.29) is 36.8 Å². The van der Waals surface area contributed by atoms with Crippen molar-refractivity contribution in [1.29, 1.82) is 0 Å². The van der Waals surface area contributed by atoms with Gasteiger partial charge in [-0.2, -0.15) is 4.31 Å². The molecule has 4 rings (SSSR count). The van der Waals surface area contributed by atoms with Gasteiger partial charge in [0.05, 0.1) is 18.0 Å². The number of sulfonamides is 1. The van der Waals surface area contributed by atoms with Crippen LogP contribution in [0.5, 0.6) is 5.75 Å². The number of hydrogen-bond donors (Lipinski definition) is 2. The van der Waals surface area contributed by atoms with E-state index >= 15 is 0 Å². The lowest BCUT2D eigenvalue weighted by molar-refractivity contribution is -0.138. The highest BCUT2D eigenvalue weighted by atomic mass is 35.5. The molecule has 1 saturated heterocycles. The van der Waals surface area contributed by atoms with Crippen LogP contribution in [0.25, 0.3) is 0 Å². The summed E-state index contributed by atoms with van der Waals surface area (Å²) in [4.78, 5) is 13.1. The number of carboxylic acids is 1. The Balaban J connectivity index is 0.00000380. The number of ether oxygens (including phenoxy) is 1. The van der Waals surface area contributed by atoms with Crippen molar-refractivity contribution in [2.24, 2.45) is 5.73 Å². The first kappa shape index (κ1) is 28.4. The molecule has 3 aromatic rings. The van der Waals surface area contributed by atoms with Crippen molar-refractivity contribution in [2.45, 2.75) is 23.0 Å². The molecule has 0 aliphatic carbocycles. The molecule has 11 heteroatoms. The molecule has 1 heterocycles. The summed E-state index contributed by atoms with van der Waals surface area (Å²) in [6.07, 6.45) is 0.00423. The highest BCUT2D eigenvalue weighted by Crippen LogP contribution is 2.40. The summed E-state index contributed by atoms with van der Waals surface area (Å²) in [6.45, 7) is 0.0462. The minimum atomic E-state index is -3.89. The van der Waals surface area contributed by atoms with Gasteiger partial charge in [0, 0.05) is 19.8 Å². The average Bonchev–Trinajstić information content (AvgIpc) is 2.82. The van der Waals surface area contributed by atoms with Gasteiger partial charge in [0.25, 0.3) is 0 Å². The third-order valence-corrected chi connectivity index (χ3v) is 8.00. The predicted molar refractivity (Wildman–Crippen MR) is 141 cm³/mol. The van der Waals surface area contributed by atoms with Gasteiger partial charge in [0.1, 0.15) is 17.6 Å². The molecule has 0 spiro atoms. The lowest BCUT2D eigenvalue weighted by Crippen LogP contribution is -2.64. The van der Waals surface area contributed by atoms with Gasteiger partial charge in [-0.15, -0.1) is 12.4 Å². The Morgan fingerprint density at radius 2 is 1.73 bits per heavy atom. The second-order valence-electron chi connectivity index (χ2n) is 9.06. The van der Waals surface area contributed by atoms with Crippen LogP contribution in [0.1, 0.15) is 11.1 Å². The first-order valence-corrected chi connectivity index (χ1v) is 12.7. The fourth-order valence-corrected chi connectivity index (χ4v) is 5.72. The van der Waals surface area contributed by atoms with Crippen molar-refractivity contribution in [3.63, 3.8) is 0 Å². The fourth-order valence-electron chi connectivity index (χ4n) is 4.11. The van der Waals surface area contributed by atoms with E-state index in [1.54, 1.807) is 24.3 Å². The zero-order valence-electron chi connectivity index (χ0n) is 20.4. The van der Waals surface area contributed by atoms with E-state index in [1.807, 2.05) is 43.3 Å². The Kier molecular flexibility index (Phi) is 8.49. The van der Waals surface area contributed by atoms with Gasteiger partial charge in [-0.3, -0.25) is 4.79 Å². The molecule has 0 bridgehead atoms. The Morgan fingerprint density at radius 1 is 1.11 bits per heavy atom. The van der Waals surface area contributed by atoms with Crippen LogP contribution in [0, 0.1) is 5.82 Å². The first-order chi connectivity index (χ1) is 17.0. The van der Waals surface area contributed by atoms with E-state index in [1.165, 1.54) is 28.6 Å². The number of aliphatic carboxylic acids is 1. The Bertz CT molecular complexity index is 1350. The lowest BCUT2D eigenvalue weighted by Gasteiger charge is -2.49. The van der Waals surface area contributed by atoms with Crippen LogP contribution in [0.2, 0.25) is 0 Å². The van der Waals surface area contributed by atoms with Crippen LogP contribution in [-0.4, -0.2) is 57.0 Å². The Labute approximate surface area is 221 Å². The van der Waals surface area contributed by atoms with Gasteiger partial charge in [-0.05, 0) is 66.1 Å². The van der Waals surface area contributed by atoms with Gasteiger partial charge < -0.3 is 20.5 Å². The van der Waals surface area contributed by atoms with Crippen LogP contribution < -0.4 is 15.4 Å². The van der Waals surface area contributed by atoms with E-state index < -0.39 is 33.5 Å². The summed E-state index contributed by atoms with van der Waals surface area (Å²) in [5, 5.41) is 9.06. The smallest absolute Gasteiger partial charge is 0.320 e. The number of nitrogens with zero attached hydrogens (tertiary/aromatic N) is 2. The maximum Gasteiger partial charge on any atom is 0.320 e. The first-order valence-electron chi connectivity index (χ1n) is 11.3. The van der Waals surface area contributed by atoms with E-state index in [0.717, 1.165) is 5.69 Å². The zero-order valence-corrected chi connectivity index (χ0v) is 22.0. The highest BCUT2D eigenvalue weighted by molar-refractivity contribution is 7.89. The largest absolute Gasteiger partial charge is 0.480 e. The number of benzene rings is 3. The van der Waals surface area contributed by atoms with E-state index in [0.29, 0.717) is 16.9 Å². The molecule has 0 aromatic heterocycles. The second kappa shape index (κ2) is 11.1. The number of rotatable bonds is 9. The summed E-state index contributed by atoms with van der Waals surface area (Å²) in [5.41, 5.74) is 6.77. The third kappa shape index (κ3) is 6.04. The maximum atomic E-state index is 13.6. The van der Waals surface area contributed by atoms with Crippen LogP contribution in [0.4, 0.5) is 10.1 Å². The summed E-state index contributed by atoms with van der Waals surface area (Å²) < 4.78 is 48.0. The number of hydrogen-bond acceptors (Lipinski definition) is 6. The molecular weight excluding hydrogens is 521 g/mol. The second-order valence-corrected chi connectivity index (χ2v) is 11.0. The van der Waals surface area contributed by atoms with E-state index in [2.05, 4.69) is 0 Å². The molecule has 37 heavy (non-hydrogen) atoms. The molecule has 0 amide bonds. The van der Waals surface area contributed by atoms with Gasteiger partial charge in [-0.1, -0.05) is 24.3 Å². The Morgan fingerprint density at radius 3 is 2.30 bits per heavy atom. The molecule has 3 aromatic carbocycles. The normalized spacial score (nSPS) is 15.7. The van der Waals surface area contributed by atoms with Crippen molar-refractivity contribution >= 4 is 34.1 Å². The molecule has 3 N–H and O–H groups in total. The van der Waals surface area contributed by atoms with Gasteiger partial charge in [0.15, 0.2) is 5.60 Å². The molecule has 8 nitrogen and oxygen atoms in total. The number of carbonyl (C=O) groups is 1. The molecule has 1 aliphatic rings. The van der Waals surface area contributed by atoms with Crippen molar-refractivity contribution < 1.29 is 27.4 Å². The minimum absolute atomic E-state index is 0. The summed E-state index contributed by atoms with van der Waals surface area (Å²) in [5.74, 6) is -0.998. The minimum Gasteiger partial charge on any atom is -0.480 e. The van der Waals surface area contributed by atoms with Crippen molar-refractivity contribution in [3.05, 3.63) is 89.7 Å². The van der Waals surface area contributed by atoms with Crippen LogP contribution in [0.3, 0.4) is 0 Å². The quantitative estimate of drug-likeness (QED) is 0.421. The molecular formula is C26H29ClFN3O5S. The van der Waals surface area contributed by atoms with Crippen LogP contribution >= 0.6 is 12.4 Å². The van der Waals surface area contributed by atoms with Crippen molar-refractivity contribution in [2.75, 3.05) is 32.1 Å². The SMILES string of the molecule is CN(C)c1ccc(OC2(c3ccc(F)cc3)CN(S(=O)(=O)c3cccc(C[C@H](N)C(=O)O)c3)C2)cc1.Cl. The number of nitrogens with two attached hydrogens (primary N) is 1. The molecule has 198 valence electrons.